The Morgan fingerprint density at radius 2 is 1.23 bits per heavy atom. The first kappa shape index (κ1) is 21.0. The molecule has 39 heavy (non-hydrogen) atoms. The van der Waals surface area contributed by atoms with Crippen molar-refractivity contribution < 1.29 is 8.83 Å². The molecule has 0 aliphatic carbocycles. The van der Waals surface area contributed by atoms with E-state index >= 15 is 0 Å². The molecule has 0 aliphatic heterocycles. The van der Waals surface area contributed by atoms with Gasteiger partial charge in [0, 0.05) is 49.6 Å². The van der Waals surface area contributed by atoms with Crippen LogP contribution < -0.4 is 0 Å². The van der Waals surface area contributed by atoms with Gasteiger partial charge in [0.2, 0.25) is 0 Å². The molecule has 5 heteroatoms. The summed E-state index contributed by atoms with van der Waals surface area (Å²) in [4.78, 5) is 10.3. The molecule has 9 rings (SSSR count). The highest BCUT2D eigenvalue weighted by Gasteiger charge is 2.16. The Bertz CT molecular complexity index is 2410. The van der Waals surface area contributed by atoms with Gasteiger partial charge in [-0.3, -0.25) is 4.98 Å². The average molecular weight is 519 g/mol. The number of benzene rings is 4. The lowest BCUT2D eigenvalue weighted by Gasteiger charge is -2.04. The Labute approximate surface area is 225 Å². The predicted octanol–water partition coefficient (Wildman–Crippen LogP) is 9.98. The summed E-state index contributed by atoms with van der Waals surface area (Å²) in [6.07, 6.45) is 3.74. The van der Waals surface area contributed by atoms with Crippen LogP contribution in [-0.2, 0) is 0 Å². The van der Waals surface area contributed by atoms with E-state index in [0.717, 1.165) is 65.5 Å². The smallest absolute Gasteiger partial charge is 0.161 e. The van der Waals surface area contributed by atoms with Gasteiger partial charge in [-0.2, -0.15) is 0 Å². The van der Waals surface area contributed by atoms with Crippen molar-refractivity contribution in [3.05, 3.63) is 109 Å². The van der Waals surface area contributed by atoms with Gasteiger partial charge in [-0.05, 0) is 71.3 Å². The summed E-state index contributed by atoms with van der Waals surface area (Å²) in [5.74, 6) is 0. The Kier molecular flexibility index (Phi) is 4.18. The zero-order valence-corrected chi connectivity index (χ0v) is 21.3. The number of furan rings is 2. The van der Waals surface area contributed by atoms with Gasteiger partial charge in [-0.1, -0.05) is 42.5 Å². The first-order chi connectivity index (χ1) is 19.3. The van der Waals surface area contributed by atoms with E-state index in [1.807, 2.05) is 42.7 Å². The average Bonchev–Trinajstić information content (AvgIpc) is 3.67. The van der Waals surface area contributed by atoms with E-state index in [9.17, 15) is 0 Å². The van der Waals surface area contributed by atoms with E-state index in [1.54, 1.807) is 11.3 Å². The Morgan fingerprint density at radius 3 is 2.08 bits per heavy atom. The quantitative estimate of drug-likeness (QED) is 0.228. The topological polar surface area (TPSA) is 52.1 Å². The number of thiophene rings is 1. The van der Waals surface area contributed by atoms with Crippen LogP contribution in [0.15, 0.2) is 118 Å². The van der Waals surface area contributed by atoms with Crippen molar-refractivity contribution in [1.29, 1.82) is 0 Å². The lowest BCUT2D eigenvalue weighted by atomic mass is 9.99. The number of aromatic nitrogens is 2. The lowest BCUT2D eigenvalue weighted by Crippen LogP contribution is -1.82. The fraction of sp³-hybridized carbons (Fsp3) is 0. The second-order valence-electron chi connectivity index (χ2n) is 9.80. The standard InChI is InChI=1S/C34H18N2O2S/c1-3-7-27-25(5-1)32-33(38-27)22(14-15-35-32)20-10-12-24-23-11-9-19(17-28(23)37-29(24)18-20)21-13-16-36-34-31(21)26-6-2-4-8-30(26)39-34/h1-18H. The second-order valence-corrected chi connectivity index (χ2v) is 10.8. The van der Waals surface area contributed by atoms with Crippen molar-refractivity contribution in [2.45, 2.75) is 0 Å². The molecule has 0 atom stereocenters. The largest absolute Gasteiger partial charge is 0.456 e. The van der Waals surface area contributed by atoms with Crippen LogP contribution in [0.4, 0.5) is 0 Å². The number of fused-ring (bicyclic) bond motifs is 9. The lowest BCUT2D eigenvalue weighted by molar-refractivity contribution is 0.668. The maximum absolute atomic E-state index is 6.47. The van der Waals surface area contributed by atoms with Crippen LogP contribution in [0, 0.1) is 0 Å². The molecule has 4 nitrogen and oxygen atoms in total. The summed E-state index contributed by atoms with van der Waals surface area (Å²) < 4.78 is 14.0. The molecular weight excluding hydrogens is 500 g/mol. The minimum absolute atomic E-state index is 0.793. The Morgan fingerprint density at radius 1 is 0.538 bits per heavy atom. The van der Waals surface area contributed by atoms with Crippen LogP contribution in [0.25, 0.3) is 86.6 Å². The summed E-state index contributed by atoms with van der Waals surface area (Å²) in [6, 6.07) is 33.5. The molecule has 5 aromatic heterocycles. The summed E-state index contributed by atoms with van der Waals surface area (Å²) in [7, 11) is 0. The van der Waals surface area contributed by atoms with Crippen molar-refractivity contribution in [2.24, 2.45) is 0 Å². The van der Waals surface area contributed by atoms with Crippen LogP contribution in [0.5, 0.6) is 0 Å². The Hall–Kier alpha value is -5.00. The van der Waals surface area contributed by atoms with Gasteiger partial charge >= 0.3 is 0 Å². The molecule has 4 aromatic carbocycles. The van der Waals surface area contributed by atoms with Crippen LogP contribution in [0.2, 0.25) is 0 Å². The highest BCUT2D eigenvalue weighted by atomic mass is 32.1. The maximum atomic E-state index is 6.47. The number of pyridine rings is 2. The third-order valence-corrected chi connectivity index (χ3v) is 8.71. The third-order valence-electron chi connectivity index (χ3n) is 7.63. The molecule has 0 fully saturated rings. The maximum Gasteiger partial charge on any atom is 0.161 e. The van der Waals surface area contributed by atoms with Gasteiger partial charge in [0.25, 0.3) is 0 Å². The minimum Gasteiger partial charge on any atom is -0.456 e. The number of hydrogen-bond acceptors (Lipinski definition) is 5. The van der Waals surface area contributed by atoms with Gasteiger partial charge < -0.3 is 8.83 Å². The molecule has 0 amide bonds. The summed E-state index contributed by atoms with van der Waals surface area (Å²) in [5, 5.41) is 5.66. The highest BCUT2D eigenvalue weighted by molar-refractivity contribution is 7.25. The molecule has 0 saturated carbocycles. The van der Waals surface area contributed by atoms with Crippen LogP contribution in [0.3, 0.4) is 0 Å². The van der Waals surface area contributed by atoms with Gasteiger partial charge in [0.05, 0.1) is 0 Å². The van der Waals surface area contributed by atoms with E-state index in [-0.39, 0.29) is 0 Å². The fourth-order valence-electron chi connectivity index (χ4n) is 5.83. The van der Waals surface area contributed by atoms with E-state index < -0.39 is 0 Å². The van der Waals surface area contributed by atoms with Crippen molar-refractivity contribution >= 4 is 75.6 Å². The van der Waals surface area contributed by atoms with Crippen LogP contribution in [0.1, 0.15) is 0 Å². The van der Waals surface area contributed by atoms with Crippen LogP contribution >= 0.6 is 11.3 Å². The van der Waals surface area contributed by atoms with E-state index in [4.69, 9.17) is 8.83 Å². The van der Waals surface area contributed by atoms with Gasteiger partial charge in [-0.25, -0.2) is 4.98 Å². The van der Waals surface area contributed by atoms with Crippen molar-refractivity contribution in [2.75, 3.05) is 0 Å². The summed E-state index contributed by atoms with van der Waals surface area (Å²) in [6.45, 7) is 0. The molecule has 0 bridgehead atoms. The number of rotatable bonds is 2. The second kappa shape index (κ2) is 7.76. The first-order valence-electron chi connectivity index (χ1n) is 12.8. The third kappa shape index (κ3) is 2.99. The minimum atomic E-state index is 0.793. The predicted molar refractivity (Wildman–Crippen MR) is 160 cm³/mol. The van der Waals surface area contributed by atoms with E-state index in [2.05, 4.69) is 76.7 Å². The monoisotopic (exact) mass is 518 g/mol. The van der Waals surface area contributed by atoms with E-state index in [1.165, 1.54) is 21.0 Å². The van der Waals surface area contributed by atoms with Crippen molar-refractivity contribution in [1.82, 2.24) is 9.97 Å². The zero-order chi connectivity index (χ0) is 25.5. The molecular formula is C34H18N2O2S. The van der Waals surface area contributed by atoms with Gasteiger partial charge in [-0.15, -0.1) is 11.3 Å². The summed E-state index contributed by atoms with van der Waals surface area (Å²) >= 11 is 1.73. The number of para-hydroxylation sites is 1. The normalized spacial score (nSPS) is 12.1. The highest BCUT2D eigenvalue weighted by Crippen LogP contribution is 2.41. The zero-order valence-electron chi connectivity index (χ0n) is 20.5. The van der Waals surface area contributed by atoms with Gasteiger partial charge in [0.1, 0.15) is 27.1 Å². The molecule has 0 unspecified atom stereocenters. The molecule has 0 N–H and O–H groups in total. The molecule has 5 heterocycles. The fourth-order valence-corrected chi connectivity index (χ4v) is 6.90. The van der Waals surface area contributed by atoms with Gasteiger partial charge in [0.15, 0.2) is 5.58 Å². The molecule has 182 valence electrons. The number of nitrogens with zero attached hydrogens (tertiary/aromatic N) is 2. The van der Waals surface area contributed by atoms with Crippen LogP contribution in [-0.4, -0.2) is 9.97 Å². The SMILES string of the molecule is c1ccc2c(c1)oc1c(-c3ccc4c(c3)oc3cc(-c5ccnc6sc7ccccc7c56)ccc34)ccnc12. The molecule has 0 saturated heterocycles. The summed E-state index contributed by atoms with van der Waals surface area (Å²) in [5.41, 5.74) is 8.56. The first-order valence-corrected chi connectivity index (χ1v) is 13.6. The van der Waals surface area contributed by atoms with E-state index in [0.29, 0.717) is 0 Å². The molecule has 0 aliphatic rings. The van der Waals surface area contributed by atoms with Crippen molar-refractivity contribution in [3.8, 4) is 22.3 Å². The Balaban J connectivity index is 1.22. The molecule has 0 radical (unpaired) electrons. The molecule has 0 spiro atoms. The van der Waals surface area contributed by atoms with Crippen molar-refractivity contribution in [3.63, 3.8) is 0 Å². The molecule has 9 aromatic rings. The number of hydrogen-bond donors (Lipinski definition) is 0.